The van der Waals surface area contributed by atoms with E-state index in [9.17, 15) is 4.79 Å². The van der Waals surface area contributed by atoms with Gasteiger partial charge in [-0.05, 0) is 38.8 Å². The van der Waals surface area contributed by atoms with Crippen LogP contribution in [0.25, 0.3) is 4.96 Å². The Bertz CT molecular complexity index is 897. The Hall–Kier alpha value is -2.48. The van der Waals surface area contributed by atoms with E-state index in [1.807, 2.05) is 38.1 Å². The van der Waals surface area contributed by atoms with Crippen LogP contribution < -0.4 is 10.1 Å². The van der Waals surface area contributed by atoms with Crippen molar-refractivity contribution in [3.05, 3.63) is 35.1 Å². The summed E-state index contributed by atoms with van der Waals surface area (Å²) in [7, 11) is 0. The molecule has 1 aliphatic carbocycles. The Morgan fingerprint density at radius 1 is 1.33 bits per heavy atom. The van der Waals surface area contributed by atoms with Gasteiger partial charge in [0.05, 0.1) is 11.8 Å². The number of nitrogens with zero attached hydrogens (tertiary/aromatic N) is 4. The summed E-state index contributed by atoms with van der Waals surface area (Å²) in [5.74, 6) is 1.65. The molecule has 1 N–H and O–H groups in total. The summed E-state index contributed by atoms with van der Waals surface area (Å²) in [5, 5.41) is 15.9. The number of nitrogens with one attached hydrogen (secondary N) is 1. The Kier molecular flexibility index (Phi) is 3.68. The van der Waals surface area contributed by atoms with Gasteiger partial charge in [0.1, 0.15) is 5.75 Å². The molecule has 0 unspecified atom stereocenters. The fourth-order valence-corrected chi connectivity index (χ4v) is 3.16. The highest BCUT2D eigenvalue weighted by Gasteiger charge is 2.30. The molecular formula is C16H17N5O2S. The van der Waals surface area contributed by atoms with Crippen molar-refractivity contribution in [1.82, 2.24) is 19.8 Å². The molecule has 8 heteroatoms. The summed E-state index contributed by atoms with van der Waals surface area (Å²) in [6, 6.07) is 7.37. The molecule has 24 heavy (non-hydrogen) atoms. The van der Waals surface area contributed by atoms with Crippen molar-refractivity contribution in [2.45, 2.75) is 38.7 Å². The van der Waals surface area contributed by atoms with Gasteiger partial charge in [0.25, 0.3) is 5.91 Å². The summed E-state index contributed by atoms with van der Waals surface area (Å²) < 4.78 is 7.41. The number of para-hydroxylation sites is 2. The zero-order valence-electron chi connectivity index (χ0n) is 13.4. The molecule has 0 radical (unpaired) electrons. The molecule has 2 heterocycles. The Morgan fingerprint density at radius 2 is 2.12 bits per heavy atom. The lowest BCUT2D eigenvalue weighted by molar-refractivity contribution is 0.102. The largest absolute Gasteiger partial charge is 0.489 e. The lowest BCUT2D eigenvalue weighted by Gasteiger charge is -2.14. The van der Waals surface area contributed by atoms with Crippen LogP contribution in [0.3, 0.4) is 0 Å². The van der Waals surface area contributed by atoms with Gasteiger partial charge >= 0.3 is 0 Å². The number of hydrogen-bond acceptors (Lipinski definition) is 6. The average Bonchev–Trinajstić information content (AvgIpc) is 3.16. The molecule has 0 aliphatic heterocycles. The molecule has 1 saturated carbocycles. The SMILES string of the molecule is CC(C)Oc1ccccc1NC(=O)c1nn2c(C3CC3)nnc2s1. The first-order valence-electron chi connectivity index (χ1n) is 7.91. The molecule has 1 fully saturated rings. The van der Waals surface area contributed by atoms with Crippen LogP contribution in [0.2, 0.25) is 0 Å². The average molecular weight is 343 g/mol. The van der Waals surface area contributed by atoms with E-state index in [2.05, 4.69) is 20.6 Å². The van der Waals surface area contributed by atoms with Crippen molar-refractivity contribution < 1.29 is 9.53 Å². The molecule has 0 spiro atoms. The molecule has 1 aromatic carbocycles. The van der Waals surface area contributed by atoms with Crippen LogP contribution in [0.1, 0.15) is 48.2 Å². The Labute approximate surface area is 142 Å². The molecule has 4 rings (SSSR count). The standard InChI is InChI=1S/C16H17N5O2S/c1-9(2)23-12-6-4-3-5-11(12)17-14(22)15-20-21-13(10-7-8-10)18-19-16(21)24-15/h3-6,9-10H,7-8H2,1-2H3,(H,17,22). The molecule has 124 valence electrons. The van der Waals surface area contributed by atoms with Crippen LogP contribution in [-0.2, 0) is 0 Å². The van der Waals surface area contributed by atoms with Gasteiger partial charge in [0.15, 0.2) is 5.82 Å². The van der Waals surface area contributed by atoms with E-state index in [4.69, 9.17) is 4.74 Å². The van der Waals surface area contributed by atoms with E-state index < -0.39 is 0 Å². The van der Waals surface area contributed by atoms with Gasteiger partial charge in [-0.1, -0.05) is 23.5 Å². The number of carbonyl (C=O) groups excluding carboxylic acids is 1. The minimum absolute atomic E-state index is 0.0263. The third-order valence-corrected chi connectivity index (χ3v) is 4.55. The van der Waals surface area contributed by atoms with Crippen molar-refractivity contribution in [3.63, 3.8) is 0 Å². The van der Waals surface area contributed by atoms with Crippen LogP contribution in [0.15, 0.2) is 24.3 Å². The van der Waals surface area contributed by atoms with Crippen LogP contribution in [0, 0.1) is 0 Å². The van der Waals surface area contributed by atoms with Crippen molar-refractivity contribution >= 4 is 27.9 Å². The predicted molar refractivity (Wildman–Crippen MR) is 90.8 cm³/mol. The van der Waals surface area contributed by atoms with Gasteiger partial charge in [-0.25, -0.2) is 0 Å². The number of aromatic nitrogens is 4. The molecule has 1 amide bonds. The number of fused-ring (bicyclic) bond motifs is 1. The van der Waals surface area contributed by atoms with Crippen molar-refractivity contribution in [2.75, 3.05) is 5.32 Å². The summed E-state index contributed by atoms with van der Waals surface area (Å²) in [4.78, 5) is 13.2. The molecule has 1 aliphatic rings. The fourth-order valence-electron chi connectivity index (χ4n) is 2.42. The number of anilines is 1. The minimum atomic E-state index is -0.271. The van der Waals surface area contributed by atoms with E-state index in [1.165, 1.54) is 11.3 Å². The lowest BCUT2D eigenvalue weighted by atomic mass is 10.3. The van der Waals surface area contributed by atoms with Gasteiger partial charge in [-0.2, -0.15) is 4.52 Å². The van der Waals surface area contributed by atoms with Gasteiger partial charge in [0, 0.05) is 5.92 Å². The smallest absolute Gasteiger partial charge is 0.286 e. The van der Waals surface area contributed by atoms with Gasteiger partial charge in [-0.3, -0.25) is 4.79 Å². The van der Waals surface area contributed by atoms with Crippen LogP contribution in [0.5, 0.6) is 5.75 Å². The highest BCUT2D eigenvalue weighted by atomic mass is 32.1. The van der Waals surface area contributed by atoms with E-state index in [0.717, 1.165) is 18.7 Å². The first-order chi connectivity index (χ1) is 11.6. The zero-order valence-corrected chi connectivity index (χ0v) is 14.2. The number of rotatable bonds is 5. The topological polar surface area (TPSA) is 81.4 Å². The second-order valence-electron chi connectivity index (χ2n) is 6.05. The quantitative estimate of drug-likeness (QED) is 0.770. The zero-order chi connectivity index (χ0) is 16.7. The Balaban J connectivity index is 1.58. The first-order valence-corrected chi connectivity index (χ1v) is 8.72. The van der Waals surface area contributed by atoms with Crippen LogP contribution in [-0.4, -0.2) is 31.8 Å². The maximum Gasteiger partial charge on any atom is 0.286 e. The number of benzene rings is 1. The van der Waals surface area contributed by atoms with Crippen LogP contribution >= 0.6 is 11.3 Å². The van der Waals surface area contributed by atoms with E-state index in [-0.39, 0.29) is 12.0 Å². The number of amides is 1. The summed E-state index contributed by atoms with van der Waals surface area (Å²) in [6.45, 7) is 3.89. The third kappa shape index (κ3) is 2.84. The molecular weight excluding hydrogens is 326 g/mol. The number of carbonyl (C=O) groups is 1. The third-order valence-electron chi connectivity index (χ3n) is 3.65. The van der Waals surface area contributed by atoms with E-state index in [1.54, 1.807) is 4.52 Å². The number of hydrogen-bond donors (Lipinski definition) is 1. The molecule has 7 nitrogen and oxygen atoms in total. The molecule has 2 aromatic heterocycles. The van der Waals surface area contributed by atoms with Crippen molar-refractivity contribution in [3.8, 4) is 5.75 Å². The Morgan fingerprint density at radius 3 is 2.88 bits per heavy atom. The lowest BCUT2D eigenvalue weighted by Crippen LogP contribution is -2.14. The number of ether oxygens (including phenoxy) is 1. The van der Waals surface area contributed by atoms with Gasteiger partial charge in [0.2, 0.25) is 9.97 Å². The molecule has 0 atom stereocenters. The molecule has 0 saturated heterocycles. The highest BCUT2D eigenvalue weighted by Crippen LogP contribution is 2.39. The molecule has 0 bridgehead atoms. The summed E-state index contributed by atoms with van der Waals surface area (Å²) >= 11 is 1.24. The minimum Gasteiger partial charge on any atom is -0.489 e. The van der Waals surface area contributed by atoms with E-state index >= 15 is 0 Å². The predicted octanol–water partition coefficient (Wildman–Crippen LogP) is 3.10. The van der Waals surface area contributed by atoms with Crippen LogP contribution in [0.4, 0.5) is 5.69 Å². The monoisotopic (exact) mass is 343 g/mol. The second kappa shape index (κ2) is 5.86. The fraction of sp³-hybridized carbons (Fsp3) is 0.375. The highest BCUT2D eigenvalue weighted by molar-refractivity contribution is 7.18. The first kappa shape index (κ1) is 15.1. The van der Waals surface area contributed by atoms with Crippen molar-refractivity contribution in [2.24, 2.45) is 0 Å². The normalized spacial score (nSPS) is 14.3. The summed E-state index contributed by atoms with van der Waals surface area (Å²) in [5.41, 5.74) is 0.629. The maximum atomic E-state index is 12.5. The maximum absolute atomic E-state index is 12.5. The van der Waals surface area contributed by atoms with Gasteiger partial charge in [-0.15, -0.1) is 15.3 Å². The second-order valence-corrected chi connectivity index (χ2v) is 7.01. The van der Waals surface area contributed by atoms with Crippen molar-refractivity contribution in [1.29, 1.82) is 0 Å². The van der Waals surface area contributed by atoms with Gasteiger partial charge < -0.3 is 10.1 Å². The molecule has 3 aromatic rings. The van der Waals surface area contributed by atoms with E-state index in [0.29, 0.717) is 27.3 Å². The summed E-state index contributed by atoms with van der Waals surface area (Å²) in [6.07, 6.45) is 2.25.